The molecule has 4 rings (SSSR count). The highest BCUT2D eigenvalue weighted by atomic mass is 16.5. The van der Waals surface area contributed by atoms with Gasteiger partial charge in [0.1, 0.15) is 5.82 Å². The molecule has 8 heteroatoms. The third-order valence-electron chi connectivity index (χ3n) is 4.14. The molecule has 2 fully saturated rings. The van der Waals surface area contributed by atoms with Gasteiger partial charge in [0.25, 0.3) is 5.91 Å². The zero-order valence-electron chi connectivity index (χ0n) is 12.4. The van der Waals surface area contributed by atoms with Crippen LogP contribution in [0.2, 0.25) is 0 Å². The van der Waals surface area contributed by atoms with Gasteiger partial charge in [-0.2, -0.15) is 4.52 Å². The monoisotopic (exact) mass is 302 g/mol. The molecule has 1 aliphatic heterocycles. The van der Waals surface area contributed by atoms with Gasteiger partial charge in [0.05, 0.1) is 13.2 Å². The Morgan fingerprint density at radius 3 is 3.00 bits per heavy atom. The standard InChI is InChI=1S/C14H18N6O2/c1-15-14(21)10-8-19(6-7-22-10)12-5-4-11-16-17-13(9-2-3-9)20(11)18-12/h4-5,9-10H,2-3,6-8H2,1H3,(H,15,21). The van der Waals surface area contributed by atoms with Gasteiger partial charge in [-0.05, 0) is 25.0 Å². The summed E-state index contributed by atoms with van der Waals surface area (Å²) in [6.07, 6.45) is 1.85. The molecule has 3 heterocycles. The fraction of sp³-hybridized carbons (Fsp3) is 0.571. The number of hydrogen-bond donors (Lipinski definition) is 1. The van der Waals surface area contributed by atoms with E-state index in [1.807, 2.05) is 16.6 Å². The van der Waals surface area contributed by atoms with Crippen LogP contribution in [-0.2, 0) is 9.53 Å². The highest BCUT2D eigenvalue weighted by Gasteiger charge is 2.30. The van der Waals surface area contributed by atoms with Crippen molar-refractivity contribution in [2.24, 2.45) is 0 Å². The summed E-state index contributed by atoms with van der Waals surface area (Å²) >= 11 is 0. The van der Waals surface area contributed by atoms with Crippen molar-refractivity contribution in [1.29, 1.82) is 0 Å². The highest BCUT2D eigenvalue weighted by Crippen LogP contribution is 2.38. The molecule has 2 aromatic heterocycles. The minimum Gasteiger partial charge on any atom is -0.365 e. The Labute approximate surface area is 127 Å². The maximum atomic E-state index is 11.8. The third kappa shape index (κ3) is 2.29. The van der Waals surface area contributed by atoms with Crippen LogP contribution in [-0.4, -0.2) is 58.6 Å². The highest BCUT2D eigenvalue weighted by molar-refractivity contribution is 5.81. The summed E-state index contributed by atoms with van der Waals surface area (Å²) in [5, 5.41) is 15.7. The van der Waals surface area contributed by atoms with Crippen LogP contribution >= 0.6 is 0 Å². The van der Waals surface area contributed by atoms with E-state index in [1.54, 1.807) is 7.05 Å². The summed E-state index contributed by atoms with van der Waals surface area (Å²) < 4.78 is 7.34. The Hall–Kier alpha value is -2.22. The van der Waals surface area contributed by atoms with Crippen molar-refractivity contribution < 1.29 is 9.53 Å². The molecule has 1 amide bonds. The molecule has 1 N–H and O–H groups in total. The maximum absolute atomic E-state index is 11.8. The average Bonchev–Trinajstić information content (AvgIpc) is 3.33. The maximum Gasteiger partial charge on any atom is 0.250 e. The van der Waals surface area contributed by atoms with E-state index >= 15 is 0 Å². The van der Waals surface area contributed by atoms with Crippen LogP contribution in [0.4, 0.5) is 5.82 Å². The van der Waals surface area contributed by atoms with Crippen LogP contribution in [0.3, 0.4) is 0 Å². The van der Waals surface area contributed by atoms with E-state index in [4.69, 9.17) is 4.74 Å². The lowest BCUT2D eigenvalue weighted by Crippen LogP contribution is -2.49. The van der Waals surface area contributed by atoms with Crippen molar-refractivity contribution in [3.05, 3.63) is 18.0 Å². The van der Waals surface area contributed by atoms with Crippen LogP contribution in [0.5, 0.6) is 0 Å². The molecule has 0 bridgehead atoms. The van der Waals surface area contributed by atoms with E-state index in [0.717, 1.165) is 30.1 Å². The molecule has 1 aliphatic carbocycles. The molecule has 1 atom stereocenters. The summed E-state index contributed by atoms with van der Waals surface area (Å²) in [4.78, 5) is 13.8. The second-order valence-corrected chi connectivity index (χ2v) is 5.71. The van der Waals surface area contributed by atoms with Gasteiger partial charge < -0.3 is 15.0 Å². The number of carbonyl (C=O) groups is 1. The van der Waals surface area contributed by atoms with Gasteiger partial charge in [-0.25, -0.2) is 0 Å². The predicted molar refractivity (Wildman–Crippen MR) is 78.8 cm³/mol. The summed E-state index contributed by atoms with van der Waals surface area (Å²) in [6.45, 7) is 1.72. The molecular formula is C14H18N6O2. The van der Waals surface area contributed by atoms with Crippen LogP contribution in [0.15, 0.2) is 12.1 Å². The number of ether oxygens (including phenoxy) is 1. The number of rotatable bonds is 3. The van der Waals surface area contributed by atoms with Crippen molar-refractivity contribution in [1.82, 2.24) is 25.1 Å². The quantitative estimate of drug-likeness (QED) is 0.856. The first-order chi connectivity index (χ1) is 10.8. The molecular weight excluding hydrogens is 284 g/mol. The van der Waals surface area contributed by atoms with E-state index in [9.17, 15) is 4.79 Å². The average molecular weight is 302 g/mol. The van der Waals surface area contributed by atoms with Gasteiger partial charge in [-0.15, -0.1) is 15.3 Å². The first kappa shape index (κ1) is 13.4. The molecule has 0 spiro atoms. The number of hydrogen-bond acceptors (Lipinski definition) is 6. The van der Waals surface area contributed by atoms with Crippen molar-refractivity contribution in [3.8, 4) is 0 Å². The van der Waals surface area contributed by atoms with Gasteiger partial charge >= 0.3 is 0 Å². The molecule has 0 radical (unpaired) electrons. The molecule has 1 saturated carbocycles. The third-order valence-corrected chi connectivity index (χ3v) is 4.14. The zero-order chi connectivity index (χ0) is 15.1. The lowest BCUT2D eigenvalue weighted by atomic mass is 10.2. The number of morpholine rings is 1. The van der Waals surface area contributed by atoms with E-state index in [1.165, 1.54) is 0 Å². The number of fused-ring (bicyclic) bond motifs is 1. The van der Waals surface area contributed by atoms with Crippen LogP contribution in [0, 0.1) is 0 Å². The minimum atomic E-state index is -0.458. The predicted octanol–water partition coefficient (Wildman–Crippen LogP) is -0.0471. The summed E-state index contributed by atoms with van der Waals surface area (Å²) in [5.41, 5.74) is 0.766. The number of anilines is 1. The lowest BCUT2D eigenvalue weighted by molar-refractivity contribution is -0.132. The normalized spacial score (nSPS) is 22.0. The van der Waals surface area contributed by atoms with Gasteiger partial charge in [0.2, 0.25) is 0 Å². The largest absolute Gasteiger partial charge is 0.365 e. The van der Waals surface area contributed by atoms with E-state index in [2.05, 4.69) is 25.5 Å². The second-order valence-electron chi connectivity index (χ2n) is 5.71. The molecule has 2 aliphatic rings. The number of aromatic nitrogens is 4. The summed E-state index contributed by atoms with van der Waals surface area (Å²) in [6, 6.07) is 3.85. The number of carbonyl (C=O) groups excluding carboxylic acids is 1. The van der Waals surface area contributed by atoms with Crippen molar-refractivity contribution in [3.63, 3.8) is 0 Å². The Kier molecular flexibility index (Phi) is 3.18. The molecule has 1 saturated heterocycles. The van der Waals surface area contributed by atoms with Crippen molar-refractivity contribution in [2.75, 3.05) is 31.6 Å². The number of nitrogens with zero attached hydrogens (tertiary/aromatic N) is 5. The molecule has 116 valence electrons. The van der Waals surface area contributed by atoms with Crippen LogP contribution < -0.4 is 10.2 Å². The Balaban J connectivity index is 1.62. The fourth-order valence-electron chi connectivity index (χ4n) is 2.74. The summed E-state index contributed by atoms with van der Waals surface area (Å²) in [7, 11) is 1.62. The van der Waals surface area contributed by atoms with Gasteiger partial charge in [-0.3, -0.25) is 4.79 Å². The van der Waals surface area contributed by atoms with Crippen LogP contribution in [0.1, 0.15) is 24.6 Å². The smallest absolute Gasteiger partial charge is 0.250 e. The molecule has 2 aromatic rings. The first-order valence-electron chi connectivity index (χ1n) is 7.57. The molecule has 8 nitrogen and oxygen atoms in total. The van der Waals surface area contributed by atoms with E-state index < -0.39 is 6.10 Å². The number of nitrogens with one attached hydrogen (secondary N) is 1. The molecule has 0 aromatic carbocycles. The topological polar surface area (TPSA) is 84.7 Å². The van der Waals surface area contributed by atoms with E-state index in [0.29, 0.717) is 25.6 Å². The first-order valence-corrected chi connectivity index (χ1v) is 7.57. The van der Waals surface area contributed by atoms with Gasteiger partial charge in [-0.1, -0.05) is 0 Å². The fourth-order valence-corrected chi connectivity index (χ4v) is 2.74. The Bertz CT molecular complexity index is 710. The van der Waals surface area contributed by atoms with Gasteiger partial charge in [0.15, 0.2) is 17.6 Å². The van der Waals surface area contributed by atoms with Gasteiger partial charge in [0, 0.05) is 19.5 Å². The van der Waals surface area contributed by atoms with E-state index in [-0.39, 0.29) is 5.91 Å². The number of likely N-dealkylation sites (N-methyl/N-ethyl adjacent to an activating group) is 1. The Morgan fingerprint density at radius 2 is 2.23 bits per heavy atom. The lowest BCUT2D eigenvalue weighted by Gasteiger charge is -2.32. The van der Waals surface area contributed by atoms with Crippen molar-refractivity contribution >= 4 is 17.4 Å². The SMILES string of the molecule is CNC(=O)C1CN(c2ccc3nnc(C4CC4)n3n2)CCO1. The minimum absolute atomic E-state index is 0.103. The Morgan fingerprint density at radius 1 is 1.36 bits per heavy atom. The molecule has 1 unspecified atom stereocenters. The summed E-state index contributed by atoms with van der Waals surface area (Å²) in [5.74, 6) is 2.15. The molecule has 22 heavy (non-hydrogen) atoms. The zero-order valence-corrected chi connectivity index (χ0v) is 12.4. The van der Waals surface area contributed by atoms with Crippen molar-refractivity contribution in [2.45, 2.75) is 24.9 Å². The second kappa shape index (κ2) is 5.20. The number of amides is 1. The van der Waals surface area contributed by atoms with Crippen LogP contribution in [0.25, 0.3) is 5.65 Å².